The van der Waals surface area contributed by atoms with E-state index in [1.54, 1.807) is 6.92 Å². The molecule has 0 aliphatic heterocycles. The molecule has 0 saturated carbocycles. The van der Waals surface area contributed by atoms with Gasteiger partial charge in [0.2, 0.25) is 0 Å². The van der Waals surface area contributed by atoms with E-state index in [-0.39, 0.29) is 19.8 Å². The molecule has 11 heteroatoms. The van der Waals surface area contributed by atoms with Gasteiger partial charge in [0.15, 0.2) is 0 Å². The van der Waals surface area contributed by atoms with E-state index in [0.717, 1.165) is 0 Å². The van der Waals surface area contributed by atoms with Crippen LogP contribution >= 0.6 is 15.6 Å². The number of rotatable bonds is 10. The summed E-state index contributed by atoms with van der Waals surface area (Å²) >= 11 is 0. The van der Waals surface area contributed by atoms with Gasteiger partial charge in [0.25, 0.3) is 0 Å². The summed E-state index contributed by atoms with van der Waals surface area (Å²) < 4.78 is 35.9. The third-order valence-electron chi connectivity index (χ3n) is 2.70. The fourth-order valence-electron chi connectivity index (χ4n) is 1.38. The third kappa shape index (κ3) is 11.4. The number of hydrogen-bond donors (Lipinski definition) is 4. The molecule has 0 aromatic rings. The number of phosphoric acid groups is 2. The summed E-state index contributed by atoms with van der Waals surface area (Å²) in [5.74, 6) is 0. The molecule has 0 rings (SSSR count). The van der Waals surface area contributed by atoms with Crippen molar-refractivity contribution >= 4 is 15.6 Å². The SMILES string of the molecule is CCC(C)(COCC(C)(C)OP(=O)(O)O)COP(=O)(O)O. The van der Waals surface area contributed by atoms with E-state index in [1.807, 2.05) is 6.92 Å². The minimum atomic E-state index is -4.62. The van der Waals surface area contributed by atoms with Crippen molar-refractivity contribution in [2.45, 2.75) is 39.7 Å². The second-order valence-electron chi connectivity index (χ2n) is 5.76. The van der Waals surface area contributed by atoms with Gasteiger partial charge in [-0.3, -0.25) is 9.05 Å². The first-order valence-corrected chi connectivity index (χ1v) is 9.28. The van der Waals surface area contributed by atoms with Gasteiger partial charge in [-0.15, -0.1) is 0 Å². The van der Waals surface area contributed by atoms with Crippen molar-refractivity contribution in [2.75, 3.05) is 19.8 Å². The lowest BCUT2D eigenvalue weighted by Gasteiger charge is -2.30. The first-order chi connectivity index (χ1) is 9.18. The van der Waals surface area contributed by atoms with Crippen molar-refractivity contribution in [1.29, 1.82) is 0 Å². The molecule has 0 heterocycles. The van der Waals surface area contributed by atoms with Gasteiger partial charge in [0.1, 0.15) is 0 Å². The Morgan fingerprint density at radius 1 is 0.905 bits per heavy atom. The van der Waals surface area contributed by atoms with Gasteiger partial charge in [-0.25, -0.2) is 9.13 Å². The zero-order valence-electron chi connectivity index (χ0n) is 12.6. The fourth-order valence-corrected chi connectivity index (χ4v) is 2.55. The molecular weight excluding hydrogens is 326 g/mol. The Kier molecular flexibility index (Phi) is 7.70. The molecule has 21 heavy (non-hydrogen) atoms. The molecule has 0 aromatic carbocycles. The second-order valence-corrected chi connectivity index (χ2v) is 8.17. The summed E-state index contributed by atoms with van der Waals surface area (Å²) in [6.45, 7) is 6.25. The zero-order chi connectivity index (χ0) is 16.9. The summed E-state index contributed by atoms with van der Waals surface area (Å²) in [6, 6.07) is 0. The Morgan fingerprint density at radius 3 is 1.81 bits per heavy atom. The molecule has 0 bridgehead atoms. The highest BCUT2D eigenvalue weighted by Crippen LogP contribution is 2.42. The van der Waals surface area contributed by atoms with Crippen molar-refractivity contribution in [2.24, 2.45) is 5.41 Å². The highest BCUT2D eigenvalue weighted by Gasteiger charge is 2.32. The average Bonchev–Trinajstić information content (AvgIpc) is 2.22. The van der Waals surface area contributed by atoms with Gasteiger partial charge in [0, 0.05) is 5.41 Å². The zero-order valence-corrected chi connectivity index (χ0v) is 14.3. The molecule has 0 fully saturated rings. The molecule has 0 aliphatic carbocycles. The Morgan fingerprint density at radius 2 is 1.43 bits per heavy atom. The Hall–Kier alpha value is 0.180. The smallest absolute Gasteiger partial charge is 0.378 e. The quantitative estimate of drug-likeness (QED) is 0.430. The van der Waals surface area contributed by atoms with Crippen LogP contribution in [-0.2, 0) is 22.9 Å². The van der Waals surface area contributed by atoms with Crippen LogP contribution in [0.4, 0.5) is 0 Å². The van der Waals surface area contributed by atoms with Crippen LogP contribution in [0.3, 0.4) is 0 Å². The van der Waals surface area contributed by atoms with Gasteiger partial charge in [-0.1, -0.05) is 13.8 Å². The van der Waals surface area contributed by atoms with E-state index in [9.17, 15) is 9.13 Å². The predicted molar refractivity (Wildman–Crippen MR) is 74.4 cm³/mol. The standard InChI is InChI=1S/C10H24O9P2/c1-5-10(4,8-18-20(11,12)13)7-17-6-9(2,3)19-21(14,15)16/h5-8H2,1-4H3,(H2,11,12,13)(H2,14,15,16). The number of hydrogen-bond acceptors (Lipinski definition) is 5. The Balaban J connectivity index is 4.40. The first-order valence-electron chi connectivity index (χ1n) is 6.22. The fraction of sp³-hybridized carbons (Fsp3) is 1.00. The largest absolute Gasteiger partial charge is 0.470 e. The lowest BCUT2D eigenvalue weighted by Crippen LogP contribution is -2.34. The van der Waals surface area contributed by atoms with E-state index in [2.05, 4.69) is 9.05 Å². The maximum atomic E-state index is 10.8. The van der Waals surface area contributed by atoms with Crippen molar-refractivity contribution in [3.8, 4) is 0 Å². The van der Waals surface area contributed by atoms with Crippen molar-refractivity contribution in [3.05, 3.63) is 0 Å². The summed E-state index contributed by atoms with van der Waals surface area (Å²) in [7, 11) is -9.17. The summed E-state index contributed by atoms with van der Waals surface area (Å²) in [5, 5.41) is 0. The summed E-state index contributed by atoms with van der Waals surface area (Å²) in [4.78, 5) is 34.9. The number of phosphoric ester groups is 2. The molecule has 0 radical (unpaired) electrons. The monoisotopic (exact) mass is 350 g/mol. The van der Waals surface area contributed by atoms with Crippen molar-refractivity contribution < 1.29 is 42.5 Å². The van der Waals surface area contributed by atoms with E-state index in [1.165, 1.54) is 13.8 Å². The molecule has 1 atom stereocenters. The van der Waals surface area contributed by atoms with Crippen LogP contribution in [0.5, 0.6) is 0 Å². The molecule has 9 nitrogen and oxygen atoms in total. The topological polar surface area (TPSA) is 143 Å². The van der Waals surface area contributed by atoms with Crippen LogP contribution in [-0.4, -0.2) is 45.0 Å². The van der Waals surface area contributed by atoms with Gasteiger partial charge >= 0.3 is 15.6 Å². The van der Waals surface area contributed by atoms with E-state index in [0.29, 0.717) is 6.42 Å². The molecular formula is C10H24O9P2. The van der Waals surface area contributed by atoms with Gasteiger partial charge < -0.3 is 24.3 Å². The summed E-state index contributed by atoms with van der Waals surface area (Å²) in [5.41, 5.74) is -1.84. The molecule has 0 amide bonds. The molecule has 0 saturated heterocycles. The molecule has 4 N–H and O–H groups in total. The van der Waals surface area contributed by atoms with Crippen LogP contribution in [0, 0.1) is 5.41 Å². The van der Waals surface area contributed by atoms with Gasteiger partial charge in [-0.2, -0.15) is 0 Å². The molecule has 0 spiro atoms. The molecule has 1 unspecified atom stereocenters. The predicted octanol–water partition coefficient (Wildman–Crippen LogP) is 1.42. The first kappa shape index (κ1) is 21.2. The lowest BCUT2D eigenvalue weighted by atomic mass is 9.90. The van der Waals surface area contributed by atoms with E-state index >= 15 is 0 Å². The normalized spacial score (nSPS) is 16.8. The molecule has 128 valence electrons. The average molecular weight is 350 g/mol. The highest BCUT2D eigenvalue weighted by molar-refractivity contribution is 7.46. The minimum absolute atomic E-state index is 0.0936. The van der Waals surface area contributed by atoms with Gasteiger partial charge in [-0.05, 0) is 20.3 Å². The van der Waals surface area contributed by atoms with Crippen molar-refractivity contribution in [1.82, 2.24) is 0 Å². The Labute approximate surface area is 124 Å². The van der Waals surface area contributed by atoms with Crippen LogP contribution in [0.25, 0.3) is 0 Å². The maximum Gasteiger partial charge on any atom is 0.470 e. The van der Waals surface area contributed by atoms with Crippen molar-refractivity contribution in [3.63, 3.8) is 0 Å². The van der Waals surface area contributed by atoms with Crippen LogP contribution < -0.4 is 0 Å². The molecule has 0 aliphatic rings. The van der Waals surface area contributed by atoms with E-state index < -0.39 is 26.7 Å². The minimum Gasteiger partial charge on any atom is -0.378 e. The third-order valence-corrected chi connectivity index (χ3v) is 3.90. The Bertz CT molecular complexity index is 413. The molecule has 0 aromatic heterocycles. The van der Waals surface area contributed by atoms with Gasteiger partial charge in [0.05, 0.1) is 25.4 Å². The lowest BCUT2D eigenvalue weighted by molar-refractivity contribution is -0.0533. The maximum absolute atomic E-state index is 10.8. The second kappa shape index (κ2) is 7.64. The van der Waals surface area contributed by atoms with Crippen LogP contribution in [0.2, 0.25) is 0 Å². The summed E-state index contributed by atoms with van der Waals surface area (Å²) in [6.07, 6.45) is 0.535. The van der Waals surface area contributed by atoms with Crippen LogP contribution in [0.15, 0.2) is 0 Å². The van der Waals surface area contributed by atoms with Crippen LogP contribution in [0.1, 0.15) is 34.1 Å². The van der Waals surface area contributed by atoms with E-state index in [4.69, 9.17) is 24.3 Å². The highest BCUT2D eigenvalue weighted by atomic mass is 31.2. The number of ether oxygens (including phenoxy) is 1.